The highest BCUT2D eigenvalue weighted by Crippen LogP contribution is 2.28. The Kier molecular flexibility index (Phi) is 3.68. The maximum Gasteiger partial charge on any atom is 0.337 e. The molecule has 0 atom stereocenters. The highest BCUT2D eigenvalue weighted by Gasteiger charge is 2.43. The first-order valence-corrected chi connectivity index (χ1v) is 6.17. The van der Waals surface area contributed by atoms with Gasteiger partial charge in [0.25, 0.3) is 5.92 Å². The lowest BCUT2D eigenvalue weighted by molar-refractivity contribution is -0.133. The molecule has 1 aromatic rings. The van der Waals surface area contributed by atoms with E-state index in [2.05, 4.69) is 20.7 Å². The van der Waals surface area contributed by atoms with Crippen LogP contribution in [0.15, 0.2) is 22.7 Å². The van der Waals surface area contributed by atoms with Crippen LogP contribution in [-0.2, 0) is 11.3 Å². The smallest absolute Gasteiger partial charge is 0.337 e. The molecule has 0 N–H and O–H groups in total. The first kappa shape index (κ1) is 13.4. The molecule has 1 heterocycles. The summed E-state index contributed by atoms with van der Waals surface area (Å²) in [5.74, 6) is -3.01. The lowest BCUT2D eigenvalue weighted by Crippen LogP contribution is -2.55. The summed E-state index contributed by atoms with van der Waals surface area (Å²) in [4.78, 5) is 13.0. The Bertz CT molecular complexity index is 471. The van der Waals surface area contributed by atoms with E-state index in [0.717, 1.165) is 10.0 Å². The van der Waals surface area contributed by atoms with Gasteiger partial charge in [0, 0.05) is 11.0 Å². The number of ether oxygens (including phenoxy) is 1. The number of methoxy groups -OCH3 is 1. The van der Waals surface area contributed by atoms with E-state index >= 15 is 0 Å². The Morgan fingerprint density at radius 1 is 1.44 bits per heavy atom. The van der Waals surface area contributed by atoms with Gasteiger partial charge in [-0.1, -0.05) is 15.9 Å². The first-order chi connectivity index (χ1) is 8.39. The monoisotopic (exact) mass is 319 g/mol. The first-order valence-electron chi connectivity index (χ1n) is 5.37. The third kappa shape index (κ3) is 3.05. The minimum Gasteiger partial charge on any atom is -0.465 e. The van der Waals surface area contributed by atoms with Crippen LogP contribution in [0.3, 0.4) is 0 Å². The van der Waals surface area contributed by atoms with Crippen LogP contribution in [-0.4, -0.2) is 37.0 Å². The van der Waals surface area contributed by atoms with Crippen molar-refractivity contribution in [3.63, 3.8) is 0 Å². The van der Waals surface area contributed by atoms with Gasteiger partial charge in [0.1, 0.15) is 0 Å². The number of carbonyl (C=O) groups excluding carboxylic acids is 1. The number of benzene rings is 1. The van der Waals surface area contributed by atoms with Crippen LogP contribution in [0.4, 0.5) is 8.78 Å². The summed E-state index contributed by atoms with van der Waals surface area (Å²) in [5, 5.41) is 0. The van der Waals surface area contributed by atoms with E-state index in [4.69, 9.17) is 0 Å². The number of hydrogen-bond acceptors (Lipinski definition) is 3. The number of alkyl halides is 2. The van der Waals surface area contributed by atoms with E-state index in [-0.39, 0.29) is 13.1 Å². The van der Waals surface area contributed by atoms with Crippen molar-refractivity contribution in [2.75, 3.05) is 20.2 Å². The van der Waals surface area contributed by atoms with Gasteiger partial charge in [-0.05, 0) is 23.8 Å². The third-order valence-corrected chi connectivity index (χ3v) is 3.15. The van der Waals surface area contributed by atoms with Crippen LogP contribution in [0.1, 0.15) is 15.9 Å². The summed E-state index contributed by atoms with van der Waals surface area (Å²) in [5.41, 5.74) is 1.22. The fraction of sp³-hybridized carbons (Fsp3) is 0.417. The molecule has 0 amide bonds. The summed E-state index contributed by atoms with van der Waals surface area (Å²) in [6.45, 7) is -0.0564. The molecule has 3 nitrogen and oxygen atoms in total. The normalized spacial score (nSPS) is 18.2. The molecule has 1 aliphatic heterocycles. The number of esters is 1. The average molecular weight is 320 g/mol. The second kappa shape index (κ2) is 4.93. The van der Waals surface area contributed by atoms with Crippen LogP contribution >= 0.6 is 15.9 Å². The van der Waals surface area contributed by atoms with Gasteiger partial charge < -0.3 is 4.74 Å². The van der Waals surface area contributed by atoms with E-state index in [1.54, 1.807) is 17.0 Å². The molecule has 18 heavy (non-hydrogen) atoms. The zero-order chi connectivity index (χ0) is 13.3. The van der Waals surface area contributed by atoms with Gasteiger partial charge in [0.15, 0.2) is 0 Å². The van der Waals surface area contributed by atoms with Crippen molar-refractivity contribution in [2.24, 2.45) is 0 Å². The topological polar surface area (TPSA) is 29.5 Å². The van der Waals surface area contributed by atoms with E-state index in [1.165, 1.54) is 7.11 Å². The lowest BCUT2D eigenvalue weighted by atomic mass is 10.1. The van der Waals surface area contributed by atoms with E-state index in [9.17, 15) is 13.6 Å². The minimum atomic E-state index is -2.57. The van der Waals surface area contributed by atoms with E-state index in [0.29, 0.717) is 12.1 Å². The van der Waals surface area contributed by atoms with Crippen molar-refractivity contribution in [1.82, 2.24) is 4.90 Å². The van der Waals surface area contributed by atoms with Gasteiger partial charge in [-0.15, -0.1) is 0 Å². The van der Waals surface area contributed by atoms with E-state index in [1.807, 2.05) is 6.07 Å². The van der Waals surface area contributed by atoms with Crippen LogP contribution in [0.2, 0.25) is 0 Å². The predicted octanol–water partition coefficient (Wildman–Crippen LogP) is 2.69. The molecule has 6 heteroatoms. The van der Waals surface area contributed by atoms with Crippen molar-refractivity contribution in [3.05, 3.63) is 33.8 Å². The van der Waals surface area contributed by atoms with E-state index < -0.39 is 11.9 Å². The quantitative estimate of drug-likeness (QED) is 0.802. The van der Waals surface area contributed by atoms with Crippen LogP contribution < -0.4 is 0 Å². The fourth-order valence-electron chi connectivity index (χ4n) is 1.96. The Morgan fingerprint density at radius 3 is 2.67 bits per heavy atom. The van der Waals surface area contributed by atoms with Crippen LogP contribution in [0.25, 0.3) is 0 Å². The SMILES string of the molecule is COC(=O)c1cc(Br)cc(CN2CC(F)(F)C2)c1. The van der Waals surface area contributed by atoms with Gasteiger partial charge in [0.05, 0.1) is 25.8 Å². The summed E-state index contributed by atoms with van der Waals surface area (Å²) in [7, 11) is 1.30. The fourth-order valence-corrected chi connectivity index (χ4v) is 2.50. The molecule has 98 valence electrons. The molecule has 1 fully saturated rings. The summed E-state index contributed by atoms with van der Waals surface area (Å²) in [6, 6.07) is 5.11. The van der Waals surface area contributed by atoms with Gasteiger partial charge >= 0.3 is 5.97 Å². The number of hydrogen-bond donors (Lipinski definition) is 0. The number of likely N-dealkylation sites (tertiary alicyclic amines) is 1. The van der Waals surface area contributed by atoms with Gasteiger partial charge in [0.2, 0.25) is 0 Å². The molecule has 0 unspecified atom stereocenters. The van der Waals surface area contributed by atoms with Gasteiger partial charge in [-0.25, -0.2) is 13.6 Å². The molecule has 0 aromatic heterocycles. The number of nitrogens with zero attached hydrogens (tertiary/aromatic N) is 1. The zero-order valence-electron chi connectivity index (χ0n) is 9.75. The molecule has 0 aliphatic carbocycles. The Morgan fingerprint density at radius 2 is 2.11 bits per heavy atom. The molecule has 0 spiro atoms. The highest BCUT2D eigenvalue weighted by atomic mass is 79.9. The van der Waals surface area contributed by atoms with Crippen LogP contribution in [0.5, 0.6) is 0 Å². The van der Waals surface area contributed by atoms with Gasteiger partial charge in [-0.2, -0.15) is 0 Å². The molecule has 2 rings (SSSR count). The summed E-state index contributed by atoms with van der Waals surface area (Å²) in [6.07, 6.45) is 0. The Balaban J connectivity index is 2.09. The Hall–Kier alpha value is -1.01. The number of rotatable bonds is 3. The predicted molar refractivity (Wildman–Crippen MR) is 65.7 cm³/mol. The molecule has 0 saturated carbocycles. The van der Waals surface area contributed by atoms with Crippen molar-refractivity contribution in [3.8, 4) is 0 Å². The standard InChI is InChI=1S/C12H12BrF2NO2/c1-18-11(17)9-2-8(3-10(13)4-9)5-16-6-12(14,15)7-16/h2-4H,5-7H2,1H3. The van der Waals surface area contributed by atoms with Crippen molar-refractivity contribution in [1.29, 1.82) is 0 Å². The summed E-state index contributed by atoms with van der Waals surface area (Å²) < 4.78 is 30.8. The molecular formula is C12H12BrF2NO2. The Labute approximate surface area is 112 Å². The molecule has 1 aliphatic rings. The van der Waals surface area contributed by atoms with Crippen LogP contribution in [0, 0.1) is 0 Å². The minimum absolute atomic E-state index is 0.229. The molecular weight excluding hydrogens is 308 g/mol. The second-order valence-corrected chi connectivity index (χ2v) is 5.26. The lowest BCUT2D eigenvalue weighted by Gasteiger charge is -2.38. The zero-order valence-corrected chi connectivity index (χ0v) is 11.3. The van der Waals surface area contributed by atoms with Crippen molar-refractivity contribution in [2.45, 2.75) is 12.5 Å². The van der Waals surface area contributed by atoms with Crippen molar-refractivity contribution >= 4 is 21.9 Å². The second-order valence-electron chi connectivity index (χ2n) is 4.34. The highest BCUT2D eigenvalue weighted by molar-refractivity contribution is 9.10. The van der Waals surface area contributed by atoms with Gasteiger partial charge in [-0.3, -0.25) is 4.90 Å². The maximum absolute atomic E-state index is 12.7. The molecule has 0 bridgehead atoms. The molecule has 1 aromatic carbocycles. The number of carbonyl (C=O) groups is 1. The molecule has 1 saturated heterocycles. The third-order valence-electron chi connectivity index (χ3n) is 2.69. The average Bonchev–Trinajstić information content (AvgIpc) is 2.24. The molecule has 0 radical (unpaired) electrons. The maximum atomic E-state index is 12.7. The largest absolute Gasteiger partial charge is 0.465 e. The van der Waals surface area contributed by atoms with Crippen molar-refractivity contribution < 1.29 is 18.3 Å². The summed E-state index contributed by atoms with van der Waals surface area (Å²) >= 11 is 3.29. The number of halogens is 3.